The van der Waals surface area contributed by atoms with Crippen molar-refractivity contribution < 1.29 is 4.79 Å². The number of nitrogens with one attached hydrogen (secondary N) is 1. The Hall–Kier alpha value is -2.03. The van der Waals surface area contributed by atoms with Gasteiger partial charge in [0.2, 0.25) is 0 Å². The second-order valence-corrected chi connectivity index (χ2v) is 3.57. The number of amides is 1. The lowest BCUT2D eigenvalue weighted by Gasteiger charge is -2.35. The maximum atomic E-state index is 12.1. The van der Waals surface area contributed by atoms with Gasteiger partial charge in [0.25, 0.3) is 5.91 Å². The highest BCUT2D eigenvalue weighted by Crippen LogP contribution is 2.26. The number of allylic oxidation sites excluding steroid dienone is 2. The number of rotatable bonds is 0. The maximum absolute atomic E-state index is 12.1. The highest BCUT2D eigenvalue weighted by atomic mass is 16.2. The van der Waals surface area contributed by atoms with Crippen LogP contribution in [0.25, 0.3) is 0 Å². The van der Waals surface area contributed by atoms with Crippen molar-refractivity contribution >= 4 is 11.6 Å². The smallest absolute Gasteiger partial charge is 0.261 e. The van der Waals surface area contributed by atoms with Crippen molar-refractivity contribution in [1.82, 2.24) is 4.90 Å². The van der Waals surface area contributed by atoms with E-state index in [2.05, 4.69) is 5.32 Å². The second-order valence-electron chi connectivity index (χ2n) is 3.57. The van der Waals surface area contributed by atoms with E-state index in [4.69, 9.17) is 0 Å². The molecule has 2 aliphatic rings. The molecular weight excluding hydrogens is 188 g/mol. The third-order valence-corrected chi connectivity index (χ3v) is 2.65. The first kappa shape index (κ1) is 8.29. The van der Waals surface area contributed by atoms with Crippen LogP contribution in [0.3, 0.4) is 0 Å². The topological polar surface area (TPSA) is 32.3 Å². The van der Waals surface area contributed by atoms with E-state index in [1.807, 2.05) is 42.5 Å². The van der Waals surface area contributed by atoms with Crippen LogP contribution in [-0.2, 0) is 0 Å². The zero-order chi connectivity index (χ0) is 10.3. The van der Waals surface area contributed by atoms with Crippen molar-refractivity contribution in [2.24, 2.45) is 0 Å². The molecule has 1 N–H and O–H groups in total. The van der Waals surface area contributed by atoms with Crippen molar-refractivity contribution in [2.45, 2.75) is 6.17 Å². The molecule has 15 heavy (non-hydrogen) atoms. The Morgan fingerprint density at radius 1 is 1.20 bits per heavy atom. The van der Waals surface area contributed by atoms with E-state index in [-0.39, 0.29) is 12.1 Å². The lowest BCUT2D eigenvalue weighted by atomic mass is 10.1. The molecule has 1 unspecified atom stereocenters. The van der Waals surface area contributed by atoms with Gasteiger partial charge < -0.3 is 5.32 Å². The summed E-state index contributed by atoms with van der Waals surface area (Å²) in [5.41, 5.74) is 1.64. The van der Waals surface area contributed by atoms with Crippen LogP contribution in [0.4, 0.5) is 5.69 Å². The molecule has 74 valence electrons. The Kier molecular flexibility index (Phi) is 1.65. The highest BCUT2D eigenvalue weighted by molar-refractivity contribution is 6.02. The summed E-state index contributed by atoms with van der Waals surface area (Å²) < 4.78 is 0. The SMILES string of the molecule is O=C1c2ccccc2NC2C=CC=CN12. The van der Waals surface area contributed by atoms with E-state index in [0.29, 0.717) is 0 Å². The maximum Gasteiger partial charge on any atom is 0.261 e. The molecule has 2 aliphatic heterocycles. The minimum absolute atomic E-state index is 0.0441. The normalized spacial score (nSPS) is 22.0. The minimum atomic E-state index is -0.0441. The molecule has 3 heteroatoms. The molecule has 0 saturated carbocycles. The Labute approximate surface area is 87.7 Å². The molecule has 1 aromatic rings. The zero-order valence-corrected chi connectivity index (χ0v) is 8.05. The van der Waals surface area contributed by atoms with Crippen molar-refractivity contribution in [3.8, 4) is 0 Å². The van der Waals surface area contributed by atoms with E-state index < -0.39 is 0 Å². The van der Waals surface area contributed by atoms with Crippen LogP contribution < -0.4 is 5.32 Å². The fraction of sp³-hybridized carbons (Fsp3) is 0.0833. The lowest BCUT2D eigenvalue weighted by Crippen LogP contribution is -2.45. The summed E-state index contributed by atoms with van der Waals surface area (Å²) in [7, 11) is 0. The van der Waals surface area contributed by atoms with E-state index >= 15 is 0 Å². The largest absolute Gasteiger partial charge is 0.361 e. The number of fused-ring (bicyclic) bond motifs is 2. The molecule has 3 nitrogen and oxygen atoms in total. The van der Waals surface area contributed by atoms with E-state index in [1.54, 1.807) is 11.1 Å². The number of carbonyl (C=O) groups excluding carboxylic acids is 1. The summed E-state index contributed by atoms with van der Waals surface area (Å²) >= 11 is 0. The number of hydrogen-bond acceptors (Lipinski definition) is 2. The van der Waals surface area contributed by atoms with Gasteiger partial charge in [0.1, 0.15) is 6.17 Å². The van der Waals surface area contributed by atoms with Crippen LogP contribution in [-0.4, -0.2) is 17.0 Å². The lowest BCUT2D eigenvalue weighted by molar-refractivity contribution is 0.0792. The fourth-order valence-electron chi connectivity index (χ4n) is 1.90. The van der Waals surface area contributed by atoms with Crippen molar-refractivity contribution in [3.63, 3.8) is 0 Å². The van der Waals surface area contributed by atoms with Gasteiger partial charge in [-0.15, -0.1) is 0 Å². The molecular formula is C12H10N2O. The van der Waals surface area contributed by atoms with Crippen molar-refractivity contribution in [3.05, 3.63) is 54.3 Å². The van der Waals surface area contributed by atoms with Gasteiger partial charge in [-0.3, -0.25) is 9.69 Å². The Balaban J connectivity index is 2.11. The summed E-state index contributed by atoms with van der Waals surface area (Å²) in [6.07, 6.45) is 7.53. The van der Waals surface area contributed by atoms with Crippen LogP contribution in [0.2, 0.25) is 0 Å². The molecule has 2 heterocycles. The number of nitrogens with zero attached hydrogens (tertiary/aromatic N) is 1. The van der Waals surface area contributed by atoms with Gasteiger partial charge in [-0.2, -0.15) is 0 Å². The van der Waals surface area contributed by atoms with Gasteiger partial charge >= 0.3 is 0 Å². The molecule has 3 rings (SSSR count). The van der Waals surface area contributed by atoms with Crippen molar-refractivity contribution in [1.29, 1.82) is 0 Å². The second kappa shape index (κ2) is 2.98. The third kappa shape index (κ3) is 1.16. The molecule has 0 aliphatic carbocycles. The number of benzene rings is 1. The van der Waals surface area contributed by atoms with E-state index in [0.717, 1.165) is 11.3 Å². The first-order chi connectivity index (χ1) is 7.36. The fourth-order valence-corrected chi connectivity index (χ4v) is 1.90. The molecule has 0 saturated heterocycles. The zero-order valence-electron chi connectivity index (χ0n) is 8.05. The Bertz CT molecular complexity index is 476. The van der Waals surface area contributed by atoms with Gasteiger partial charge in [-0.25, -0.2) is 0 Å². The average Bonchev–Trinajstić information content (AvgIpc) is 2.30. The van der Waals surface area contributed by atoms with E-state index in [9.17, 15) is 4.79 Å². The van der Waals surface area contributed by atoms with Crippen LogP contribution >= 0.6 is 0 Å². The van der Waals surface area contributed by atoms with Crippen molar-refractivity contribution in [2.75, 3.05) is 5.32 Å². The Morgan fingerprint density at radius 3 is 3.00 bits per heavy atom. The molecule has 0 radical (unpaired) electrons. The Morgan fingerprint density at radius 2 is 2.07 bits per heavy atom. The monoisotopic (exact) mass is 198 g/mol. The van der Waals surface area contributed by atoms with Gasteiger partial charge in [0.15, 0.2) is 0 Å². The summed E-state index contributed by atoms with van der Waals surface area (Å²) in [6, 6.07) is 7.57. The number of hydrogen-bond donors (Lipinski definition) is 1. The molecule has 0 fully saturated rings. The van der Waals surface area contributed by atoms with Gasteiger partial charge in [0, 0.05) is 11.9 Å². The van der Waals surface area contributed by atoms with Gasteiger partial charge in [-0.1, -0.05) is 18.2 Å². The van der Waals surface area contributed by atoms with Crippen LogP contribution in [0.5, 0.6) is 0 Å². The third-order valence-electron chi connectivity index (χ3n) is 2.65. The highest BCUT2D eigenvalue weighted by Gasteiger charge is 2.29. The molecule has 1 aromatic carbocycles. The van der Waals surface area contributed by atoms with Crippen LogP contribution in [0, 0.1) is 0 Å². The predicted octanol–water partition coefficient (Wildman–Crippen LogP) is 1.96. The predicted molar refractivity (Wildman–Crippen MR) is 58.3 cm³/mol. The first-order valence-electron chi connectivity index (χ1n) is 4.89. The van der Waals surface area contributed by atoms with Crippen LogP contribution in [0.15, 0.2) is 48.7 Å². The van der Waals surface area contributed by atoms with Crippen LogP contribution in [0.1, 0.15) is 10.4 Å². The number of carbonyl (C=O) groups is 1. The standard InChI is InChI=1S/C12H10N2O/c15-12-9-5-1-2-6-10(9)13-11-7-3-4-8-14(11)12/h1-8,11,13H. The quantitative estimate of drug-likeness (QED) is 0.691. The van der Waals surface area contributed by atoms with Gasteiger partial charge in [0.05, 0.1) is 5.56 Å². The summed E-state index contributed by atoms with van der Waals surface area (Å²) in [6.45, 7) is 0. The average molecular weight is 198 g/mol. The summed E-state index contributed by atoms with van der Waals surface area (Å²) in [5, 5.41) is 3.30. The molecule has 1 amide bonds. The summed E-state index contributed by atoms with van der Waals surface area (Å²) in [4.78, 5) is 13.7. The van der Waals surface area contributed by atoms with E-state index in [1.165, 1.54) is 0 Å². The van der Waals surface area contributed by atoms with Gasteiger partial charge in [-0.05, 0) is 24.3 Å². The molecule has 1 atom stereocenters. The first-order valence-corrected chi connectivity index (χ1v) is 4.89. The molecule has 0 bridgehead atoms. The molecule has 0 aromatic heterocycles. The number of anilines is 1. The minimum Gasteiger partial charge on any atom is -0.361 e. The molecule has 0 spiro atoms. The summed E-state index contributed by atoms with van der Waals surface area (Å²) in [5.74, 6) is 0.0509. The number of para-hydroxylation sites is 1.